The first-order chi connectivity index (χ1) is 14.8. The van der Waals surface area contributed by atoms with E-state index in [2.05, 4.69) is 37.8 Å². The van der Waals surface area contributed by atoms with Crippen molar-refractivity contribution in [3.8, 4) is 6.07 Å². The van der Waals surface area contributed by atoms with E-state index in [1.54, 1.807) is 0 Å². The Bertz CT molecular complexity index is 791. The topological polar surface area (TPSA) is 44.1 Å². The van der Waals surface area contributed by atoms with Gasteiger partial charge in [0.15, 0.2) is 0 Å². The zero-order valence-corrected chi connectivity index (χ0v) is 20.4. The number of aryl methyl sites for hydroxylation is 1. The lowest BCUT2D eigenvalue weighted by Gasteiger charge is -2.32. The molecule has 0 bridgehead atoms. The molecule has 1 aliphatic heterocycles. The summed E-state index contributed by atoms with van der Waals surface area (Å²) in [6, 6.07) is 8.01. The minimum absolute atomic E-state index is 0.257. The van der Waals surface area contributed by atoms with Crippen LogP contribution in [0.15, 0.2) is 18.2 Å². The highest BCUT2D eigenvalue weighted by atomic mass is 35.5. The summed E-state index contributed by atoms with van der Waals surface area (Å²) in [5.74, 6) is 2.43. The van der Waals surface area contributed by atoms with Crippen LogP contribution in [0.25, 0.3) is 0 Å². The van der Waals surface area contributed by atoms with Crippen LogP contribution in [0.2, 0.25) is 5.02 Å². The van der Waals surface area contributed by atoms with E-state index < -0.39 is 0 Å². The molecule has 1 saturated carbocycles. The molecule has 2 unspecified atom stereocenters. The van der Waals surface area contributed by atoms with Gasteiger partial charge in [-0.1, -0.05) is 70.5 Å². The third-order valence-electron chi connectivity index (χ3n) is 7.96. The quantitative estimate of drug-likeness (QED) is 0.434. The molecule has 2 atom stereocenters. The molecule has 0 aromatic heterocycles. The van der Waals surface area contributed by atoms with E-state index in [0.29, 0.717) is 28.3 Å². The van der Waals surface area contributed by atoms with E-state index in [0.717, 1.165) is 44.7 Å². The Balaban J connectivity index is 1.67. The molecule has 3 rings (SSSR count). The number of nitriles is 1. The summed E-state index contributed by atoms with van der Waals surface area (Å²) in [7, 11) is 0. The maximum Gasteiger partial charge on any atom is 0.228 e. The van der Waals surface area contributed by atoms with Gasteiger partial charge in [0.1, 0.15) is 6.07 Å². The lowest BCUT2D eigenvalue weighted by molar-refractivity contribution is -0.139. The number of hydrogen-bond acceptors (Lipinski definition) is 2. The van der Waals surface area contributed by atoms with Gasteiger partial charge in [-0.3, -0.25) is 4.79 Å². The van der Waals surface area contributed by atoms with Gasteiger partial charge in [0.05, 0.1) is 10.6 Å². The van der Waals surface area contributed by atoms with E-state index in [9.17, 15) is 4.79 Å². The van der Waals surface area contributed by atoms with Crippen LogP contribution in [0.1, 0.15) is 89.7 Å². The Morgan fingerprint density at radius 2 is 2.00 bits per heavy atom. The summed E-state index contributed by atoms with van der Waals surface area (Å²) in [5.41, 5.74) is 1.51. The number of rotatable bonds is 8. The Morgan fingerprint density at radius 3 is 2.65 bits per heavy atom. The largest absolute Gasteiger partial charge is 0.342 e. The molecular weight excluding hydrogens is 404 g/mol. The van der Waals surface area contributed by atoms with Crippen molar-refractivity contribution in [2.75, 3.05) is 13.1 Å². The number of nitrogens with zero attached hydrogens (tertiary/aromatic N) is 2. The molecule has 2 aliphatic rings. The van der Waals surface area contributed by atoms with Gasteiger partial charge in [-0.15, -0.1) is 0 Å². The fraction of sp³-hybridized carbons (Fsp3) is 0.704. The molecule has 1 amide bonds. The number of hydrogen-bond donors (Lipinski definition) is 0. The molecule has 4 heteroatoms. The van der Waals surface area contributed by atoms with Gasteiger partial charge >= 0.3 is 0 Å². The van der Waals surface area contributed by atoms with E-state index in [1.165, 1.54) is 44.1 Å². The normalized spacial score (nSPS) is 21.1. The fourth-order valence-corrected chi connectivity index (χ4v) is 5.74. The first kappa shape index (κ1) is 24.1. The third kappa shape index (κ3) is 6.26. The molecule has 0 N–H and O–H groups in total. The van der Waals surface area contributed by atoms with Crippen LogP contribution in [-0.4, -0.2) is 23.9 Å². The molecular formula is C27H39ClN2O. The Kier molecular flexibility index (Phi) is 8.45. The molecule has 170 valence electrons. The molecule has 1 saturated heterocycles. The lowest BCUT2D eigenvalue weighted by atomic mass is 9.76. The van der Waals surface area contributed by atoms with E-state index in [4.69, 9.17) is 16.9 Å². The predicted octanol–water partition coefficient (Wildman–Crippen LogP) is 7.02. The molecule has 0 spiro atoms. The smallest absolute Gasteiger partial charge is 0.228 e. The van der Waals surface area contributed by atoms with Crippen LogP contribution in [-0.2, 0) is 11.2 Å². The van der Waals surface area contributed by atoms with Crippen LogP contribution in [0.4, 0.5) is 0 Å². The summed E-state index contributed by atoms with van der Waals surface area (Å²) in [6.45, 7) is 8.11. The van der Waals surface area contributed by atoms with E-state index >= 15 is 0 Å². The minimum Gasteiger partial charge on any atom is -0.342 e. The zero-order valence-electron chi connectivity index (χ0n) is 19.6. The van der Waals surface area contributed by atoms with Gasteiger partial charge in [0, 0.05) is 18.5 Å². The maximum absolute atomic E-state index is 13.0. The van der Waals surface area contributed by atoms with Gasteiger partial charge in [-0.05, 0) is 67.6 Å². The third-order valence-corrected chi connectivity index (χ3v) is 8.27. The SMILES string of the molecule is CCC(C)(C)C(=O)N1CCC(C(CCc2ccc(C#N)c(Cl)c2)CC2CCCCC2)C1. The molecule has 1 heterocycles. The number of benzene rings is 1. The average molecular weight is 443 g/mol. The number of carbonyl (C=O) groups is 1. The van der Waals surface area contributed by atoms with Crippen molar-refractivity contribution in [1.29, 1.82) is 5.26 Å². The molecule has 2 fully saturated rings. The van der Waals surface area contributed by atoms with E-state index in [1.807, 2.05) is 12.1 Å². The minimum atomic E-state index is -0.257. The highest BCUT2D eigenvalue weighted by Gasteiger charge is 2.37. The predicted molar refractivity (Wildman–Crippen MR) is 128 cm³/mol. The number of carbonyl (C=O) groups excluding carboxylic acids is 1. The Hall–Kier alpha value is -1.53. The average Bonchev–Trinajstić information content (AvgIpc) is 3.26. The highest BCUT2D eigenvalue weighted by molar-refractivity contribution is 6.31. The Labute approximate surface area is 194 Å². The fourth-order valence-electron chi connectivity index (χ4n) is 5.49. The van der Waals surface area contributed by atoms with Crippen molar-refractivity contribution in [2.45, 2.75) is 85.0 Å². The molecule has 3 nitrogen and oxygen atoms in total. The van der Waals surface area contributed by atoms with Crippen molar-refractivity contribution in [1.82, 2.24) is 4.90 Å². The van der Waals surface area contributed by atoms with Crippen LogP contribution < -0.4 is 0 Å². The summed E-state index contributed by atoms with van der Waals surface area (Å²) in [4.78, 5) is 15.2. The maximum atomic E-state index is 13.0. The summed E-state index contributed by atoms with van der Waals surface area (Å²) in [6.07, 6.45) is 12.3. The Morgan fingerprint density at radius 1 is 1.26 bits per heavy atom. The van der Waals surface area contributed by atoms with Crippen LogP contribution in [0.5, 0.6) is 0 Å². The highest BCUT2D eigenvalue weighted by Crippen LogP contribution is 2.38. The van der Waals surface area contributed by atoms with Crippen molar-refractivity contribution in [3.05, 3.63) is 34.3 Å². The van der Waals surface area contributed by atoms with E-state index in [-0.39, 0.29) is 5.41 Å². The van der Waals surface area contributed by atoms with Crippen molar-refractivity contribution >= 4 is 17.5 Å². The summed E-state index contributed by atoms with van der Waals surface area (Å²) < 4.78 is 0. The van der Waals surface area contributed by atoms with Crippen LogP contribution >= 0.6 is 11.6 Å². The van der Waals surface area contributed by atoms with Crippen LogP contribution in [0, 0.1) is 34.5 Å². The van der Waals surface area contributed by atoms with Crippen molar-refractivity contribution in [2.24, 2.45) is 23.2 Å². The molecule has 1 aromatic carbocycles. The number of amides is 1. The van der Waals surface area contributed by atoms with Gasteiger partial charge in [-0.25, -0.2) is 0 Å². The standard InChI is InChI=1S/C27H39ClN2O/c1-4-27(2,3)26(31)30-15-14-24(19-30)22(16-20-8-6-5-7-9-20)12-10-21-11-13-23(18-29)25(28)17-21/h11,13,17,20,22,24H,4-10,12,14-16,19H2,1-3H3. The van der Waals surface area contributed by atoms with Crippen LogP contribution in [0.3, 0.4) is 0 Å². The van der Waals surface area contributed by atoms with Crippen molar-refractivity contribution in [3.63, 3.8) is 0 Å². The second kappa shape index (κ2) is 10.9. The second-order valence-corrected chi connectivity index (χ2v) is 10.9. The molecule has 31 heavy (non-hydrogen) atoms. The molecule has 1 aromatic rings. The van der Waals surface area contributed by atoms with Gasteiger partial charge < -0.3 is 4.90 Å². The molecule has 0 radical (unpaired) electrons. The first-order valence-corrected chi connectivity index (χ1v) is 12.7. The molecule has 1 aliphatic carbocycles. The van der Waals surface area contributed by atoms with Crippen molar-refractivity contribution < 1.29 is 4.79 Å². The van der Waals surface area contributed by atoms with Gasteiger partial charge in [0.25, 0.3) is 0 Å². The first-order valence-electron chi connectivity index (χ1n) is 12.3. The summed E-state index contributed by atoms with van der Waals surface area (Å²) >= 11 is 6.27. The van der Waals surface area contributed by atoms with Gasteiger partial charge in [-0.2, -0.15) is 5.26 Å². The number of likely N-dealkylation sites (tertiary alicyclic amines) is 1. The monoisotopic (exact) mass is 442 g/mol. The zero-order chi connectivity index (χ0) is 22.4. The summed E-state index contributed by atoms with van der Waals surface area (Å²) in [5, 5.41) is 9.69. The van der Waals surface area contributed by atoms with Gasteiger partial charge in [0.2, 0.25) is 5.91 Å². The lowest BCUT2D eigenvalue weighted by Crippen LogP contribution is -2.39. The number of halogens is 1. The second-order valence-electron chi connectivity index (χ2n) is 10.5.